The number of anilines is 1. The summed E-state index contributed by atoms with van der Waals surface area (Å²) in [5, 5.41) is 12.3. The lowest BCUT2D eigenvalue weighted by Crippen LogP contribution is -2.37. The summed E-state index contributed by atoms with van der Waals surface area (Å²) in [6, 6.07) is 10.0. The van der Waals surface area contributed by atoms with Crippen LogP contribution >= 0.6 is 0 Å². The largest absolute Gasteiger partial charge is 0.478 e. The lowest BCUT2D eigenvalue weighted by Gasteiger charge is -2.34. The van der Waals surface area contributed by atoms with Gasteiger partial charge in [0.05, 0.1) is 18.0 Å². The van der Waals surface area contributed by atoms with E-state index in [-0.39, 0.29) is 18.2 Å². The molecule has 0 saturated carbocycles. The normalized spacial score (nSPS) is 15.3. The molecule has 1 fully saturated rings. The minimum Gasteiger partial charge on any atom is -0.478 e. The van der Waals surface area contributed by atoms with Gasteiger partial charge in [-0.25, -0.2) is 4.79 Å². The number of nitrogens with zero attached hydrogens (tertiary/aromatic N) is 1. The van der Waals surface area contributed by atoms with Crippen molar-refractivity contribution in [2.45, 2.75) is 77.6 Å². The number of carboxylic acid groups (broad SMARTS) is 1. The lowest BCUT2D eigenvalue weighted by atomic mass is 9.93. The first-order valence-electron chi connectivity index (χ1n) is 13.0. The van der Waals surface area contributed by atoms with Gasteiger partial charge in [0.25, 0.3) is 0 Å². The Bertz CT molecular complexity index is 1110. The van der Waals surface area contributed by atoms with Gasteiger partial charge in [-0.2, -0.15) is 13.2 Å². The molecule has 38 heavy (non-hydrogen) atoms. The number of carbonyl (C=O) groups excluding carboxylic acids is 1. The molecule has 9 heteroatoms. The number of amides is 1. The van der Waals surface area contributed by atoms with E-state index in [1.807, 2.05) is 18.7 Å². The molecule has 2 aromatic rings. The molecule has 208 valence electrons. The van der Waals surface area contributed by atoms with Crippen molar-refractivity contribution in [2.75, 3.05) is 18.0 Å². The number of rotatable bonds is 10. The molecule has 2 aromatic carbocycles. The van der Waals surface area contributed by atoms with Gasteiger partial charge in [-0.3, -0.25) is 4.79 Å². The Kier molecular flexibility index (Phi) is 9.33. The van der Waals surface area contributed by atoms with Crippen LogP contribution in [0.3, 0.4) is 0 Å². The molecule has 0 spiro atoms. The summed E-state index contributed by atoms with van der Waals surface area (Å²) < 4.78 is 46.2. The Labute approximate surface area is 222 Å². The number of benzene rings is 2. The van der Waals surface area contributed by atoms with E-state index in [0.29, 0.717) is 42.1 Å². The first-order valence-corrected chi connectivity index (χ1v) is 13.0. The van der Waals surface area contributed by atoms with Crippen LogP contribution in [0.5, 0.6) is 5.75 Å². The molecule has 1 atom stereocenters. The van der Waals surface area contributed by atoms with Crippen LogP contribution in [-0.4, -0.2) is 35.7 Å². The van der Waals surface area contributed by atoms with E-state index in [1.165, 1.54) is 26.0 Å². The Balaban J connectivity index is 1.81. The fourth-order valence-electron chi connectivity index (χ4n) is 4.60. The van der Waals surface area contributed by atoms with Gasteiger partial charge in [0.15, 0.2) is 5.60 Å². The predicted octanol–water partition coefficient (Wildman–Crippen LogP) is 6.38. The minimum absolute atomic E-state index is 0.0664. The summed E-state index contributed by atoms with van der Waals surface area (Å²) in [4.78, 5) is 26.4. The third-order valence-corrected chi connectivity index (χ3v) is 6.65. The molecular weight excluding hydrogens is 497 g/mol. The van der Waals surface area contributed by atoms with E-state index in [4.69, 9.17) is 4.74 Å². The van der Waals surface area contributed by atoms with Crippen LogP contribution in [-0.2, 0) is 22.2 Å². The first-order chi connectivity index (χ1) is 17.8. The number of carbonyl (C=O) groups is 2. The zero-order chi connectivity index (χ0) is 28.1. The highest BCUT2D eigenvalue weighted by Crippen LogP contribution is 2.38. The molecule has 0 bridgehead atoms. The Morgan fingerprint density at radius 1 is 1.03 bits per heavy atom. The first kappa shape index (κ1) is 29.3. The molecule has 1 aliphatic rings. The molecule has 6 nitrogen and oxygen atoms in total. The fourth-order valence-corrected chi connectivity index (χ4v) is 4.60. The highest BCUT2D eigenvalue weighted by atomic mass is 19.4. The minimum atomic E-state index is -4.45. The summed E-state index contributed by atoms with van der Waals surface area (Å²) in [5.41, 5.74) is -0.147. The maximum atomic E-state index is 13.6. The second-order valence-corrected chi connectivity index (χ2v) is 10.8. The number of aliphatic carboxylic acids is 1. The SMILES string of the molecule is CC(C)CC(NC(=O)Cc1ccc(OC(C)(C)C(=O)O)cc1)c1ccc(C(F)(F)F)cc1N1CCCCC1. The molecule has 3 rings (SSSR count). The highest BCUT2D eigenvalue weighted by Gasteiger charge is 2.33. The maximum Gasteiger partial charge on any atom is 0.416 e. The predicted molar refractivity (Wildman–Crippen MR) is 140 cm³/mol. The van der Waals surface area contributed by atoms with Gasteiger partial charge in [0.2, 0.25) is 5.91 Å². The number of piperidine rings is 1. The number of halogens is 3. The van der Waals surface area contributed by atoms with E-state index in [2.05, 4.69) is 5.32 Å². The van der Waals surface area contributed by atoms with Crippen molar-refractivity contribution in [3.05, 3.63) is 59.2 Å². The van der Waals surface area contributed by atoms with Crippen molar-refractivity contribution in [3.8, 4) is 5.75 Å². The maximum absolute atomic E-state index is 13.6. The Morgan fingerprint density at radius 2 is 1.66 bits per heavy atom. The van der Waals surface area contributed by atoms with Crippen molar-refractivity contribution >= 4 is 17.6 Å². The summed E-state index contributed by atoms with van der Waals surface area (Å²) in [7, 11) is 0. The monoisotopic (exact) mass is 534 g/mol. The standard InChI is InChI=1S/C29H37F3N2O4/c1-19(2)16-24(23-13-10-21(29(30,31)32)18-25(23)34-14-6-5-7-15-34)33-26(35)17-20-8-11-22(12-9-20)38-28(3,4)27(36)37/h8-13,18-19,24H,5-7,14-17H2,1-4H3,(H,33,35)(H,36,37). The van der Waals surface area contributed by atoms with Crippen molar-refractivity contribution < 1.29 is 32.6 Å². The summed E-state index contributed by atoms with van der Waals surface area (Å²) in [5.74, 6) is -0.773. The zero-order valence-corrected chi connectivity index (χ0v) is 22.4. The van der Waals surface area contributed by atoms with E-state index >= 15 is 0 Å². The van der Waals surface area contributed by atoms with Gasteiger partial charge in [-0.1, -0.05) is 32.0 Å². The quantitative estimate of drug-likeness (QED) is 0.370. The average Bonchev–Trinajstić information content (AvgIpc) is 2.84. The van der Waals surface area contributed by atoms with Gasteiger partial charge in [0, 0.05) is 18.8 Å². The molecular formula is C29H37F3N2O4. The van der Waals surface area contributed by atoms with Crippen LogP contribution in [0.4, 0.5) is 18.9 Å². The highest BCUT2D eigenvalue weighted by molar-refractivity contribution is 5.79. The van der Waals surface area contributed by atoms with Crippen LogP contribution < -0.4 is 15.0 Å². The van der Waals surface area contributed by atoms with Crippen molar-refractivity contribution in [1.82, 2.24) is 5.32 Å². The molecule has 0 aliphatic carbocycles. The topological polar surface area (TPSA) is 78.9 Å². The number of hydrogen-bond donors (Lipinski definition) is 2. The van der Waals surface area contributed by atoms with Crippen LogP contribution in [0, 0.1) is 5.92 Å². The van der Waals surface area contributed by atoms with E-state index in [0.717, 1.165) is 25.3 Å². The summed E-state index contributed by atoms with van der Waals surface area (Å²) in [6.07, 6.45) is -0.920. The molecule has 1 saturated heterocycles. The van der Waals surface area contributed by atoms with E-state index < -0.39 is 29.4 Å². The third kappa shape index (κ3) is 7.88. The third-order valence-electron chi connectivity index (χ3n) is 6.65. The number of hydrogen-bond acceptors (Lipinski definition) is 4. The molecule has 2 N–H and O–H groups in total. The van der Waals surface area contributed by atoms with E-state index in [1.54, 1.807) is 24.3 Å². The van der Waals surface area contributed by atoms with Gasteiger partial charge in [-0.05, 0) is 80.8 Å². The van der Waals surface area contributed by atoms with E-state index in [9.17, 15) is 27.9 Å². The Hall–Kier alpha value is -3.23. The van der Waals surface area contributed by atoms with Crippen LogP contribution in [0.1, 0.15) is 76.1 Å². The second kappa shape index (κ2) is 12.1. The van der Waals surface area contributed by atoms with Gasteiger partial charge in [0.1, 0.15) is 5.75 Å². The molecule has 1 heterocycles. The number of ether oxygens (including phenoxy) is 1. The number of carboxylic acids is 1. The molecule has 1 unspecified atom stereocenters. The number of nitrogens with one attached hydrogen (secondary N) is 1. The van der Waals surface area contributed by atoms with Crippen molar-refractivity contribution in [3.63, 3.8) is 0 Å². The average molecular weight is 535 g/mol. The van der Waals surface area contributed by atoms with Crippen molar-refractivity contribution in [2.24, 2.45) is 5.92 Å². The van der Waals surface area contributed by atoms with Gasteiger partial charge >= 0.3 is 12.1 Å². The summed E-state index contributed by atoms with van der Waals surface area (Å²) in [6.45, 7) is 8.30. The lowest BCUT2D eigenvalue weighted by molar-refractivity contribution is -0.152. The second-order valence-electron chi connectivity index (χ2n) is 10.8. The zero-order valence-electron chi connectivity index (χ0n) is 22.4. The van der Waals surface area contributed by atoms with Crippen LogP contribution in [0.15, 0.2) is 42.5 Å². The van der Waals surface area contributed by atoms with Crippen molar-refractivity contribution in [1.29, 1.82) is 0 Å². The van der Waals surface area contributed by atoms with Crippen LogP contribution in [0.25, 0.3) is 0 Å². The van der Waals surface area contributed by atoms with Gasteiger partial charge < -0.3 is 20.1 Å². The molecule has 0 aromatic heterocycles. The smallest absolute Gasteiger partial charge is 0.416 e. The summed E-state index contributed by atoms with van der Waals surface area (Å²) >= 11 is 0. The fraction of sp³-hybridized carbons (Fsp3) is 0.517. The molecule has 1 amide bonds. The number of alkyl halides is 3. The van der Waals surface area contributed by atoms with Crippen LogP contribution in [0.2, 0.25) is 0 Å². The Morgan fingerprint density at radius 3 is 2.21 bits per heavy atom. The van der Waals surface area contributed by atoms with Gasteiger partial charge in [-0.15, -0.1) is 0 Å². The molecule has 1 aliphatic heterocycles. The molecule has 0 radical (unpaired) electrons.